The molecule has 168 valence electrons. The van der Waals surface area contributed by atoms with Gasteiger partial charge >= 0.3 is 5.97 Å². The van der Waals surface area contributed by atoms with E-state index in [4.69, 9.17) is 0 Å². The SMILES string of the molecule is O=CCC(CCN1C(=O)c2ccccc2C1=O)(C(=O)O)c1ccc2c(c1)CC1=C2CCCC1. The van der Waals surface area contributed by atoms with E-state index >= 15 is 0 Å². The lowest BCUT2D eigenvalue weighted by Crippen LogP contribution is -2.41. The summed E-state index contributed by atoms with van der Waals surface area (Å²) in [4.78, 5) is 50.8. The van der Waals surface area contributed by atoms with Gasteiger partial charge in [0.1, 0.15) is 11.7 Å². The van der Waals surface area contributed by atoms with Crippen molar-refractivity contribution in [1.29, 1.82) is 0 Å². The van der Waals surface area contributed by atoms with Crippen molar-refractivity contribution in [2.24, 2.45) is 0 Å². The maximum atomic E-state index is 12.8. The standard InChI is InChI=1S/C27H25NO5/c29-14-12-27(26(32)33,11-13-28-24(30)22-7-3-4-8-23(22)25(28)31)19-9-10-21-18(16-19)15-17-5-1-2-6-20(17)21/h3-4,7-10,14,16H,1-2,5-6,11-13,15H2,(H,32,33). The van der Waals surface area contributed by atoms with Crippen molar-refractivity contribution in [2.75, 3.05) is 6.54 Å². The highest BCUT2D eigenvalue weighted by Crippen LogP contribution is 2.43. The van der Waals surface area contributed by atoms with Gasteiger partial charge in [0.25, 0.3) is 11.8 Å². The molecular weight excluding hydrogens is 418 g/mol. The Morgan fingerprint density at radius 2 is 1.70 bits per heavy atom. The number of aliphatic carboxylic acids is 1. The number of aldehydes is 1. The molecule has 5 rings (SSSR count). The number of hydrogen-bond acceptors (Lipinski definition) is 4. The van der Waals surface area contributed by atoms with Crippen LogP contribution in [-0.2, 0) is 21.4 Å². The van der Waals surface area contributed by atoms with E-state index in [9.17, 15) is 24.3 Å². The molecule has 6 heteroatoms. The predicted molar refractivity (Wildman–Crippen MR) is 122 cm³/mol. The van der Waals surface area contributed by atoms with Crippen molar-refractivity contribution in [3.8, 4) is 0 Å². The van der Waals surface area contributed by atoms with Gasteiger partial charge in [-0.3, -0.25) is 19.3 Å². The van der Waals surface area contributed by atoms with Gasteiger partial charge in [0, 0.05) is 13.0 Å². The molecule has 1 heterocycles. The highest BCUT2D eigenvalue weighted by molar-refractivity contribution is 6.21. The number of carboxylic acid groups (broad SMARTS) is 1. The molecule has 0 saturated carbocycles. The van der Waals surface area contributed by atoms with Crippen molar-refractivity contribution in [3.63, 3.8) is 0 Å². The number of amides is 2. The fraction of sp³-hybridized carbons (Fsp3) is 0.333. The van der Waals surface area contributed by atoms with Crippen LogP contribution in [0.3, 0.4) is 0 Å². The summed E-state index contributed by atoms with van der Waals surface area (Å²) in [7, 11) is 0. The quantitative estimate of drug-likeness (QED) is 0.512. The van der Waals surface area contributed by atoms with Crippen molar-refractivity contribution in [3.05, 3.63) is 75.9 Å². The zero-order valence-corrected chi connectivity index (χ0v) is 18.3. The topological polar surface area (TPSA) is 91.8 Å². The lowest BCUT2D eigenvalue weighted by molar-refractivity contribution is -0.145. The summed E-state index contributed by atoms with van der Waals surface area (Å²) in [6, 6.07) is 12.3. The molecule has 3 aliphatic rings. The Morgan fingerprint density at radius 3 is 2.36 bits per heavy atom. The Kier molecular flexibility index (Phi) is 5.23. The number of carboxylic acids is 1. The number of allylic oxidation sites excluding steroid dienone is 2. The number of nitrogens with zero attached hydrogens (tertiary/aromatic N) is 1. The van der Waals surface area contributed by atoms with E-state index < -0.39 is 23.2 Å². The highest BCUT2D eigenvalue weighted by atomic mass is 16.4. The number of carbonyl (C=O) groups is 4. The van der Waals surface area contributed by atoms with Gasteiger partial charge < -0.3 is 9.90 Å². The monoisotopic (exact) mass is 443 g/mol. The minimum absolute atomic E-state index is 0.0293. The molecule has 0 fully saturated rings. The van der Waals surface area contributed by atoms with Gasteiger partial charge in [-0.15, -0.1) is 0 Å². The Hall–Kier alpha value is -3.54. The molecular formula is C27H25NO5. The molecule has 0 radical (unpaired) electrons. The first kappa shape index (κ1) is 21.3. The third-order valence-electron chi connectivity index (χ3n) is 7.45. The van der Waals surface area contributed by atoms with Gasteiger partial charge in [0.05, 0.1) is 11.1 Å². The zero-order chi connectivity index (χ0) is 23.2. The lowest BCUT2D eigenvalue weighted by Gasteiger charge is -2.30. The van der Waals surface area contributed by atoms with E-state index in [1.807, 2.05) is 18.2 Å². The third-order valence-corrected chi connectivity index (χ3v) is 7.45. The van der Waals surface area contributed by atoms with E-state index in [0.717, 1.165) is 29.7 Å². The van der Waals surface area contributed by atoms with E-state index in [2.05, 4.69) is 0 Å². The highest BCUT2D eigenvalue weighted by Gasteiger charge is 2.43. The number of hydrogen-bond donors (Lipinski definition) is 1. The molecule has 1 atom stereocenters. The summed E-state index contributed by atoms with van der Waals surface area (Å²) in [5.41, 5.74) is 4.84. The number of imide groups is 1. The van der Waals surface area contributed by atoms with Crippen LogP contribution in [0.2, 0.25) is 0 Å². The first-order valence-corrected chi connectivity index (χ1v) is 11.4. The summed E-state index contributed by atoms with van der Waals surface area (Å²) < 4.78 is 0. The van der Waals surface area contributed by atoms with Crippen LogP contribution >= 0.6 is 0 Å². The summed E-state index contributed by atoms with van der Waals surface area (Å²) in [5.74, 6) is -1.97. The van der Waals surface area contributed by atoms with Crippen LogP contribution < -0.4 is 0 Å². The van der Waals surface area contributed by atoms with Crippen LogP contribution in [0.4, 0.5) is 0 Å². The van der Waals surface area contributed by atoms with Gasteiger partial charge in [-0.2, -0.15) is 0 Å². The van der Waals surface area contributed by atoms with Crippen molar-refractivity contribution in [1.82, 2.24) is 4.90 Å². The lowest BCUT2D eigenvalue weighted by atomic mass is 9.74. The van der Waals surface area contributed by atoms with Gasteiger partial charge in [0.2, 0.25) is 0 Å². The van der Waals surface area contributed by atoms with Crippen LogP contribution in [0.5, 0.6) is 0 Å². The first-order valence-electron chi connectivity index (χ1n) is 11.4. The number of rotatable bonds is 7. The molecule has 2 amide bonds. The molecule has 33 heavy (non-hydrogen) atoms. The van der Waals surface area contributed by atoms with Gasteiger partial charge in [-0.25, -0.2) is 0 Å². The zero-order valence-electron chi connectivity index (χ0n) is 18.3. The summed E-state index contributed by atoms with van der Waals surface area (Å²) >= 11 is 0. The minimum atomic E-state index is -1.50. The minimum Gasteiger partial charge on any atom is -0.481 e. The third kappa shape index (κ3) is 3.32. The van der Waals surface area contributed by atoms with Crippen molar-refractivity contribution >= 4 is 29.6 Å². The number of benzene rings is 2. The van der Waals surface area contributed by atoms with Crippen LogP contribution in [0, 0.1) is 0 Å². The van der Waals surface area contributed by atoms with Crippen LogP contribution in [0.15, 0.2) is 48.0 Å². The second-order valence-corrected chi connectivity index (χ2v) is 9.15. The van der Waals surface area contributed by atoms with Crippen LogP contribution in [0.1, 0.15) is 75.9 Å². The van der Waals surface area contributed by atoms with Gasteiger partial charge in [0.15, 0.2) is 0 Å². The summed E-state index contributed by atoms with van der Waals surface area (Å²) in [5, 5.41) is 10.3. The molecule has 0 spiro atoms. The molecule has 1 unspecified atom stereocenters. The molecule has 2 aromatic carbocycles. The average Bonchev–Trinajstić information content (AvgIpc) is 3.31. The molecule has 1 aliphatic heterocycles. The van der Waals surface area contributed by atoms with Crippen molar-refractivity contribution in [2.45, 2.75) is 50.4 Å². The van der Waals surface area contributed by atoms with E-state index in [-0.39, 0.29) is 19.4 Å². The van der Waals surface area contributed by atoms with E-state index in [1.54, 1.807) is 24.3 Å². The Balaban J connectivity index is 1.46. The Bertz CT molecular complexity index is 1190. The molecule has 2 aliphatic carbocycles. The van der Waals surface area contributed by atoms with E-state index in [1.165, 1.54) is 29.6 Å². The predicted octanol–water partition coefficient (Wildman–Crippen LogP) is 4.17. The second-order valence-electron chi connectivity index (χ2n) is 9.15. The molecule has 0 saturated heterocycles. The molecule has 0 aromatic heterocycles. The number of carbonyl (C=O) groups excluding carboxylic acids is 3. The van der Waals surface area contributed by atoms with Gasteiger partial charge in [-0.1, -0.05) is 35.9 Å². The molecule has 0 bridgehead atoms. The van der Waals surface area contributed by atoms with Crippen molar-refractivity contribution < 1.29 is 24.3 Å². The Labute approximate surface area is 191 Å². The largest absolute Gasteiger partial charge is 0.481 e. The average molecular weight is 443 g/mol. The smallest absolute Gasteiger partial charge is 0.314 e. The maximum absolute atomic E-state index is 12.8. The fourth-order valence-corrected chi connectivity index (χ4v) is 5.62. The Morgan fingerprint density at radius 1 is 1.00 bits per heavy atom. The second kappa shape index (κ2) is 8.10. The first-order chi connectivity index (χ1) is 16.0. The number of fused-ring (bicyclic) bond motifs is 3. The molecule has 6 nitrogen and oxygen atoms in total. The summed E-state index contributed by atoms with van der Waals surface area (Å²) in [6.45, 7) is -0.0711. The van der Waals surface area contributed by atoms with Gasteiger partial charge in [-0.05, 0) is 72.9 Å². The summed E-state index contributed by atoms with van der Waals surface area (Å²) in [6.07, 6.45) is 5.68. The van der Waals surface area contributed by atoms with Crippen LogP contribution in [-0.4, -0.2) is 40.6 Å². The fourth-order valence-electron chi connectivity index (χ4n) is 5.62. The van der Waals surface area contributed by atoms with Crippen LogP contribution in [0.25, 0.3) is 5.57 Å². The van der Waals surface area contributed by atoms with E-state index in [0.29, 0.717) is 23.0 Å². The molecule has 2 aromatic rings. The molecule has 1 N–H and O–H groups in total. The maximum Gasteiger partial charge on any atom is 0.314 e. The normalized spacial score (nSPS) is 18.6.